The van der Waals surface area contributed by atoms with Crippen LogP contribution in [0, 0.1) is 13.8 Å². The van der Waals surface area contributed by atoms with Crippen LogP contribution in [0.3, 0.4) is 0 Å². The molecule has 1 rings (SSSR count). The fourth-order valence-electron chi connectivity index (χ4n) is 2.43. The molecule has 4 heteroatoms. The highest BCUT2D eigenvalue weighted by molar-refractivity contribution is 5.79. The van der Waals surface area contributed by atoms with Crippen LogP contribution in [0.2, 0.25) is 0 Å². The Kier molecular flexibility index (Phi) is 10.1. The van der Waals surface area contributed by atoms with Gasteiger partial charge < -0.3 is 15.4 Å². The first kappa shape index (κ1) is 19.5. The van der Waals surface area contributed by atoms with Crippen molar-refractivity contribution in [3.8, 4) is 0 Å². The van der Waals surface area contributed by atoms with Gasteiger partial charge in [0.25, 0.3) is 0 Å². The molecule has 0 aliphatic carbocycles. The third-order valence-electron chi connectivity index (χ3n) is 3.70. The molecule has 0 heterocycles. The van der Waals surface area contributed by atoms with E-state index in [-0.39, 0.29) is 0 Å². The summed E-state index contributed by atoms with van der Waals surface area (Å²) in [5.41, 5.74) is 4.08. The molecule has 0 aliphatic rings. The van der Waals surface area contributed by atoms with Crippen LogP contribution >= 0.6 is 0 Å². The zero-order valence-electron chi connectivity index (χ0n) is 15.2. The van der Waals surface area contributed by atoms with Crippen LogP contribution in [0.4, 0.5) is 0 Å². The van der Waals surface area contributed by atoms with Crippen molar-refractivity contribution in [3.63, 3.8) is 0 Å². The van der Waals surface area contributed by atoms with Crippen LogP contribution in [-0.4, -0.2) is 38.8 Å². The highest BCUT2D eigenvalue weighted by Gasteiger charge is 2.00. The molecule has 0 saturated carbocycles. The van der Waals surface area contributed by atoms with Crippen molar-refractivity contribution in [2.45, 2.75) is 47.0 Å². The Morgan fingerprint density at radius 2 is 1.96 bits per heavy atom. The molecule has 0 aliphatic heterocycles. The molecule has 0 atom stereocenters. The third kappa shape index (κ3) is 8.60. The molecule has 0 saturated heterocycles. The quantitative estimate of drug-likeness (QED) is 0.395. The number of benzene rings is 1. The number of aliphatic imine (C=N–C) groups is 1. The average Bonchev–Trinajstić information content (AvgIpc) is 2.52. The van der Waals surface area contributed by atoms with Crippen LogP contribution in [0.1, 0.15) is 43.4 Å². The second-order valence-electron chi connectivity index (χ2n) is 5.77. The monoisotopic (exact) mass is 319 g/mol. The summed E-state index contributed by atoms with van der Waals surface area (Å²) >= 11 is 0. The molecular weight excluding hydrogens is 286 g/mol. The van der Waals surface area contributed by atoms with Crippen LogP contribution in [0.25, 0.3) is 0 Å². The van der Waals surface area contributed by atoms with Crippen molar-refractivity contribution in [2.24, 2.45) is 4.99 Å². The van der Waals surface area contributed by atoms with E-state index in [0.29, 0.717) is 0 Å². The molecule has 0 fully saturated rings. The van der Waals surface area contributed by atoms with E-state index in [9.17, 15) is 0 Å². The number of nitrogens with zero attached hydrogens (tertiary/aromatic N) is 1. The van der Waals surface area contributed by atoms with E-state index in [1.807, 2.05) is 6.92 Å². The smallest absolute Gasteiger partial charge is 0.191 e. The van der Waals surface area contributed by atoms with Crippen molar-refractivity contribution in [1.82, 2.24) is 10.6 Å². The van der Waals surface area contributed by atoms with Crippen molar-refractivity contribution in [3.05, 3.63) is 34.9 Å². The van der Waals surface area contributed by atoms with Gasteiger partial charge in [-0.25, -0.2) is 0 Å². The summed E-state index contributed by atoms with van der Waals surface area (Å²) < 4.78 is 5.34. The van der Waals surface area contributed by atoms with Gasteiger partial charge in [-0.1, -0.05) is 23.8 Å². The molecule has 0 spiro atoms. The maximum Gasteiger partial charge on any atom is 0.191 e. The molecule has 2 N–H and O–H groups in total. The zero-order chi connectivity index (χ0) is 16.9. The molecule has 0 amide bonds. The first-order chi connectivity index (χ1) is 11.2. The number of hydrogen-bond acceptors (Lipinski definition) is 2. The molecule has 0 bridgehead atoms. The van der Waals surface area contributed by atoms with Gasteiger partial charge in [0.2, 0.25) is 0 Å². The van der Waals surface area contributed by atoms with E-state index in [2.05, 4.69) is 54.6 Å². The van der Waals surface area contributed by atoms with Gasteiger partial charge in [0.05, 0.1) is 0 Å². The van der Waals surface area contributed by atoms with Gasteiger partial charge in [-0.05, 0) is 58.1 Å². The van der Waals surface area contributed by atoms with Crippen LogP contribution in [0.15, 0.2) is 23.2 Å². The van der Waals surface area contributed by atoms with E-state index in [1.165, 1.54) is 16.7 Å². The largest absolute Gasteiger partial charge is 0.382 e. The maximum atomic E-state index is 5.34. The molecule has 1 aromatic carbocycles. The minimum atomic E-state index is 0.798. The minimum absolute atomic E-state index is 0.798. The van der Waals surface area contributed by atoms with Crippen LogP contribution in [0.5, 0.6) is 0 Å². The lowest BCUT2D eigenvalue weighted by atomic mass is 10.0. The number of aryl methyl sites for hydroxylation is 2. The number of ether oxygens (including phenoxy) is 1. The lowest BCUT2D eigenvalue weighted by Gasteiger charge is -2.12. The Morgan fingerprint density at radius 3 is 2.65 bits per heavy atom. The van der Waals surface area contributed by atoms with Gasteiger partial charge >= 0.3 is 0 Å². The third-order valence-corrected chi connectivity index (χ3v) is 3.70. The second-order valence-corrected chi connectivity index (χ2v) is 5.77. The van der Waals surface area contributed by atoms with Gasteiger partial charge in [-0.15, -0.1) is 0 Å². The number of unbranched alkanes of at least 4 members (excludes halogenated alkanes) is 1. The van der Waals surface area contributed by atoms with Crippen molar-refractivity contribution in [2.75, 3.05) is 32.8 Å². The van der Waals surface area contributed by atoms with E-state index in [1.54, 1.807) is 0 Å². The first-order valence-electron chi connectivity index (χ1n) is 8.83. The highest BCUT2D eigenvalue weighted by atomic mass is 16.5. The molecule has 0 aromatic heterocycles. The highest BCUT2D eigenvalue weighted by Crippen LogP contribution is 2.10. The summed E-state index contributed by atoms with van der Waals surface area (Å²) in [6.45, 7) is 12.7. The van der Waals surface area contributed by atoms with Gasteiger partial charge in [0, 0.05) is 32.8 Å². The number of guanidine groups is 1. The lowest BCUT2D eigenvalue weighted by Crippen LogP contribution is -2.38. The van der Waals surface area contributed by atoms with Crippen molar-refractivity contribution < 1.29 is 4.74 Å². The number of hydrogen-bond donors (Lipinski definition) is 2. The first-order valence-corrected chi connectivity index (χ1v) is 8.83. The summed E-state index contributed by atoms with van der Waals surface area (Å²) in [5.74, 6) is 0.911. The average molecular weight is 319 g/mol. The topological polar surface area (TPSA) is 45.7 Å². The van der Waals surface area contributed by atoms with E-state index < -0.39 is 0 Å². The molecule has 4 nitrogen and oxygen atoms in total. The predicted molar refractivity (Wildman–Crippen MR) is 99.3 cm³/mol. The van der Waals surface area contributed by atoms with Gasteiger partial charge in [0.1, 0.15) is 0 Å². The summed E-state index contributed by atoms with van der Waals surface area (Å²) in [6.07, 6.45) is 3.15. The number of rotatable bonds is 10. The molecule has 1 aromatic rings. The summed E-state index contributed by atoms with van der Waals surface area (Å²) in [5, 5.41) is 6.72. The van der Waals surface area contributed by atoms with Crippen molar-refractivity contribution in [1.29, 1.82) is 0 Å². The Balaban J connectivity index is 2.34. The summed E-state index contributed by atoms with van der Waals surface area (Å²) in [7, 11) is 0. The second kappa shape index (κ2) is 11.9. The molecule has 23 heavy (non-hydrogen) atoms. The fraction of sp³-hybridized carbons (Fsp3) is 0.632. The Labute approximate surface area is 141 Å². The lowest BCUT2D eigenvalue weighted by molar-refractivity contribution is 0.144. The predicted octanol–water partition coefficient (Wildman–Crippen LogP) is 3.22. The van der Waals surface area contributed by atoms with Crippen LogP contribution in [-0.2, 0) is 11.2 Å². The van der Waals surface area contributed by atoms with Gasteiger partial charge in [-0.3, -0.25) is 4.99 Å². The fourth-order valence-corrected chi connectivity index (χ4v) is 2.43. The standard InChI is InChI=1S/C19H33N3O/c1-5-20-19(21-12-7-8-14-23-6-2)22-13-11-18-10-9-16(3)15-17(18)4/h9-10,15H,5-8,11-14H2,1-4H3,(H2,20,21,22). The molecule has 0 radical (unpaired) electrons. The number of nitrogens with one attached hydrogen (secondary N) is 2. The van der Waals surface area contributed by atoms with Gasteiger partial charge in [-0.2, -0.15) is 0 Å². The van der Waals surface area contributed by atoms with Crippen LogP contribution < -0.4 is 10.6 Å². The Hall–Kier alpha value is -1.55. The maximum absolute atomic E-state index is 5.34. The summed E-state index contributed by atoms with van der Waals surface area (Å²) in [6, 6.07) is 6.65. The van der Waals surface area contributed by atoms with E-state index in [0.717, 1.165) is 58.1 Å². The van der Waals surface area contributed by atoms with Gasteiger partial charge in [0.15, 0.2) is 5.96 Å². The Morgan fingerprint density at radius 1 is 1.13 bits per heavy atom. The normalized spacial score (nSPS) is 11.6. The molecular formula is C19H33N3O. The zero-order valence-corrected chi connectivity index (χ0v) is 15.2. The van der Waals surface area contributed by atoms with Crippen molar-refractivity contribution >= 4 is 5.96 Å². The Bertz CT molecular complexity index is 472. The minimum Gasteiger partial charge on any atom is -0.382 e. The summed E-state index contributed by atoms with van der Waals surface area (Å²) in [4.78, 5) is 4.62. The SMILES string of the molecule is CCNC(=NCCCCOCC)NCCc1ccc(C)cc1C. The van der Waals surface area contributed by atoms with E-state index >= 15 is 0 Å². The molecule has 0 unspecified atom stereocenters. The van der Waals surface area contributed by atoms with E-state index in [4.69, 9.17) is 4.74 Å². The molecule has 130 valence electrons.